The molecule has 0 aromatic rings. The van der Waals surface area contributed by atoms with Crippen LogP contribution in [0.1, 0.15) is 99.3 Å². The molecule has 6 nitrogen and oxygen atoms in total. The van der Waals surface area contributed by atoms with Crippen molar-refractivity contribution < 1.29 is 30.6 Å². The Kier molecular flexibility index (Phi) is 6.60. The molecule has 0 aromatic heterocycles. The summed E-state index contributed by atoms with van der Waals surface area (Å²) in [6.45, 7) is 12.5. The van der Waals surface area contributed by atoms with Crippen LogP contribution in [-0.2, 0) is 0 Å². The molecule has 0 bridgehead atoms. The molecular formula is C31H54O6. The van der Waals surface area contributed by atoms with Crippen molar-refractivity contribution in [2.24, 2.45) is 56.7 Å². The molecule has 0 saturated heterocycles. The van der Waals surface area contributed by atoms with Gasteiger partial charge in [-0.05, 0) is 90.8 Å². The number of hydrogen-bond acceptors (Lipinski definition) is 6. The number of fused-ring (bicyclic) bond motifs is 2. The fraction of sp³-hybridized carbons (Fsp3) is 1.00. The molecule has 1 unspecified atom stereocenters. The molecule has 0 amide bonds. The summed E-state index contributed by atoms with van der Waals surface area (Å²) < 4.78 is 0. The number of aliphatic hydroxyl groups is 6. The van der Waals surface area contributed by atoms with Gasteiger partial charge >= 0.3 is 0 Å². The van der Waals surface area contributed by atoms with Crippen LogP contribution in [0.15, 0.2) is 0 Å². The summed E-state index contributed by atoms with van der Waals surface area (Å²) in [6.07, 6.45) is 6.07. The van der Waals surface area contributed by atoms with E-state index in [9.17, 15) is 30.6 Å². The van der Waals surface area contributed by atoms with Gasteiger partial charge in [-0.15, -0.1) is 0 Å². The molecule has 0 aliphatic heterocycles. The summed E-state index contributed by atoms with van der Waals surface area (Å²) in [6, 6.07) is 0. The van der Waals surface area contributed by atoms with E-state index in [1.165, 1.54) is 0 Å². The molecule has 5 saturated carbocycles. The van der Waals surface area contributed by atoms with Gasteiger partial charge in [0, 0.05) is 23.7 Å². The van der Waals surface area contributed by atoms with Crippen LogP contribution in [0.25, 0.3) is 0 Å². The van der Waals surface area contributed by atoms with Gasteiger partial charge in [-0.2, -0.15) is 0 Å². The van der Waals surface area contributed by atoms with Crippen LogP contribution in [0.2, 0.25) is 0 Å². The standard InChI is InChI=1S/C31H54O6/c1-18(2)30(37,17-33)14-21(34)19(3)20-9-10-28(6)23-8-7-22-26(4,16-32)24(35)13-25(36)31(22)15-29(23,31)12-11-27(20,28)5/h18-25,32-37H,7-17H2,1-6H3/t19-,20+,21+,22?,23-,24-,25-,26-,27+,28-,29-,30+,31+/m0/s1. The Morgan fingerprint density at radius 2 is 1.51 bits per heavy atom. The van der Waals surface area contributed by atoms with E-state index in [1.54, 1.807) is 0 Å². The maximum Gasteiger partial charge on any atom is 0.0924 e. The van der Waals surface area contributed by atoms with E-state index in [1.807, 2.05) is 20.8 Å². The molecular weight excluding hydrogens is 468 g/mol. The van der Waals surface area contributed by atoms with Crippen molar-refractivity contribution in [1.82, 2.24) is 0 Å². The predicted octanol–water partition coefficient (Wildman–Crippen LogP) is 3.50. The van der Waals surface area contributed by atoms with E-state index in [0.717, 1.165) is 44.9 Å². The Hall–Kier alpha value is -0.240. The average Bonchev–Trinajstić information content (AvgIpc) is 3.47. The second-order valence-corrected chi connectivity index (χ2v) is 15.5. The first-order chi connectivity index (χ1) is 17.1. The summed E-state index contributed by atoms with van der Waals surface area (Å²) in [4.78, 5) is 0. The van der Waals surface area contributed by atoms with Crippen LogP contribution in [0.3, 0.4) is 0 Å². The van der Waals surface area contributed by atoms with Gasteiger partial charge in [0.05, 0.1) is 37.1 Å². The first kappa shape index (κ1) is 28.3. The van der Waals surface area contributed by atoms with Crippen molar-refractivity contribution >= 4 is 0 Å². The van der Waals surface area contributed by atoms with Gasteiger partial charge in [0.1, 0.15) is 0 Å². The van der Waals surface area contributed by atoms with Crippen LogP contribution >= 0.6 is 0 Å². The molecule has 0 heterocycles. The summed E-state index contributed by atoms with van der Waals surface area (Å²) in [5.41, 5.74) is -1.75. The van der Waals surface area contributed by atoms with Gasteiger partial charge < -0.3 is 30.6 Å². The third-order valence-corrected chi connectivity index (χ3v) is 14.5. The normalized spacial score (nSPS) is 53.9. The van der Waals surface area contributed by atoms with E-state index in [-0.39, 0.29) is 59.0 Å². The second kappa shape index (κ2) is 8.63. The van der Waals surface area contributed by atoms with Gasteiger partial charge in [-0.25, -0.2) is 0 Å². The Morgan fingerprint density at radius 1 is 0.865 bits per heavy atom. The molecule has 5 aliphatic carbocycles. The number of aliphatic hydroxyl groups excluding tert-OH is 5. The first-order valence-corrected chi connectivity index (χ1v) is 15.1. The van der Waals surface area contributed by atoms with Gasteiger partial charge in [-0.1, -0.05) is 41.5 Å². The minimum Gasteiger partial charge on any atom is -0.396 e. The molecule has 214 valence electrons. The minimum absolute atomic E-state index is 0.0234. The summed E-state index contributed by atoms with van der Waals surface area (Å²) >= 11 is 0. The SMILES string of the molecule is CC(C)[C@](O)(CO)C[C@@H](O)[C@@H](C)[C@H]1CC[C@@]2(C)[C@@H]3CCC4[C@](C)(CO)[C@@H](O)C[C@H](O)[C@@]45C[C@@]35CC[C@]12C. The molecule has 6 heteroatoms. The smallest absolute Gasteiger partial charge is 0.0924 e. The quantitative estimate of drug-likeness (QED) is 0.304. The summed E-state index contributed by atoms with van der Waals surface area (Å²) in [5.74, 6) is 0.883. The van der Waals surface area contributed by atoms with Crippen molar-refractivity contribution in [3.05, 3.63) is 0 Å². The molecule has 2 spiro atoms. The molecule has 0 aromatic carbocycles. The van der Waals surface area contributed by atoms with Crippen molar-refractivity contribution in [3.8, 4) is 0 Å². The topological polar surface area (TPSA) is 121 Å². The average molecular weight is 523 g/mol. The predicted molar refractivity (Wildman–Crippen MR) is 142 cm³/mol. The highest BCUT2D eigenvalue weighted by Crippen LogP contribution is 2.89. The third-order valence-electron chi connectivity index (χ3n) is 14.5. The Morgan fingerprint density at radius 3 is 2.11 bits per heavy atom. The Bertz CT molecular complexity index is 895. The second-order valence-electron chi connectivity index (χ2n) is 15.5. The van der Waals surface area contributed by atoms with Gasteiger partial charge in [0.15, 0.2) is 0 Å². The van der Waals surface area contributed by atoms with Crippen molar-refractivity contribution in [2.45, 2.75) is 123 Å². The van der Waals surface area contributed by atoms with Crippen molar-refractivity contribution in [1.29, 1.82) is 0 Å². The highest BCUT2D eigenvalue weighted by atomic mass is 16.3. The molecule has 5 fully saturated rings. The fourth-order valence-electron chi connectivity index (χ4n) is 11.6. The molecule has 6 N–H and O–H groups in total. The van der Waals surface area contributed by atoms with Gasteiger partial charge in [0.25, 0.3) is 0 Å². The lowest BCUT2D eigenvalue weighted by atomic mass is 9.41. The first-order valence-electron chi connectivity index (χ1n) is 15.1. The molecule has 5 rings (SSSR count). The molecule has 13 atom stereocenters. The van der Waals surface area contributed by atoms with Crippen LogP contribution in [0, 0.1) is 56.7 Å². The van der Waals surface area contributed by atoms with Gasteiger partial charge in [0.2, 0.25) is 0 Å². The van der Waals surface area contributed by atoms with Gasteiger partial charge in [-0.3, -0.25) is 0 Å². The zero-order valence-corrected chi connectivity index (χ0v) is 24.1. The Labute approximate surface area is 223 Å². The van der Waals surface area contributed by atoms with Crippen molar-refractivity contribution in [3.63, 3.8) is 0 Å². The van der Waals surface area contributed by atoms with E-state index in [2.05, 4.69) is 20.8 Å². The number of hydrogen-bond donors (Lipinski definition) is 6. The lowest BCUT2D eigenvalue weighted by Gasteiger charge is -2.64. The largest absolute Gasteiger partial charge is 0.396 e. The number of rotatable bonds is 7. The highest BCUT2D eigenvalue weighted by molar-refractivity contribution is 5.33. The van der Waals surface area contributed by atoms with E-state index >= 15 is 0 Å². The van der Waals surface area contributed by atoms with E-state index in [0.29, 0.717) is 18.3 Å². The zero-order valence-electron chi connectivity index (χ0n) is 24.1. The lowest BCUT2D eigenvalue weighted by Crippen LogP contribution is -2.62. The van der Waals surface area contributed by atoms with Crippen LogP contribution in [-0.4, -0.2) is 67.8 Å². The minimum atomic E-state index is -1.27. The third kappa shape index (κ3) is 3.32. The Balaban J connectivity index is 1.42. The van der Waals surface area contributed by atoms with Crippen molar-refractivity contribution in [2.75, 3.05) is 13.2 Å². The van der Waals surface area contributed by atoms with E-state index < -0.39 is 29.3 Å². The van der Waals surface area contributed by atoms with E-state index in [4.69, 9.17) is 0 Å². The molecule has 0 radical (unpaired) electrons. The monoisotopic (exact) mass is 522 g/mol. The zero-order chi connectivity index (χ0) is 27.4. The van der Waals surface area contributed by atoms with Crippen LogP contribution < -0.4 is 0 Å². The summed E-state index contributed by atoms with van der Waals surface area (Å²) in [5, 5.41) is 64.9. The van der Waals surface area contributed by atoms with Crippen LogP contribution in [0.5, 0.6) is 0 Å². The maximum absolute atomic E-state index is 11.5. The molecule has 37 heavy (non-hydrogen) atoms. The fourth-order valence-corrected chi connectivity index (χ4v) is 11.6. The molecule has 5 aliphatic rings. The highest BCUT2D eigenvalue weighted by Gasteiger charge is 2.84. The summed E-state index contributed by atoms with van der Waals surface area (Å²) in [7, 11) is 0. The maximum atomic E-state index is 11.5. The van der Waals surface area contributed by atoms with Crippen LogP contribution in [0.4, 0.5) is 0 Å². The lowest BCUT2D eigenvalue weighted by molar-refractivity contribution is -0.208.